The molecule has 3 aliphatic carbocycles. The Labute approximate surface area is 161 Å². The molecule has 26 heavy (non-hydrogen) atoms. The average Bonchev–Trinajstić information content (AvgIpc) is 3.00. The van der Waals surface area contributed by atoms with Gasteiger partial charge in [0.2, 0.25) is 0 Å². The highest BCUT2D eigenvalue weighted by Gasteiger charge is 2.27. The van der Waals surface area contributed by atoms with Crippen molar-refractivity contribution in [2.45, 2.75) is 67.2 Å². The van der Waals surface area contributed by atoms with Gasteiger partial charge in [-0.3, -0.25) is 0 Å². The van der Waals surface area contributed by atoms with Gasteiger partial charge in [-0.2, -0.15) is 5.26 Å². The quantitative estimate of drug-likeness (QED) is 0.412. The highest BCUT2D eigenvalue weighted by atomic mass is 14.3. The Morgan fingerprint density at radius 2 is 1.88 bits per heavy atom. The van der Waals surface area contributed by atoms with Crippen LogP contribution in [0, 0.1) is 22.7 Å². The Morgan fingerprint density at radius 1 is 1.15 bits per heavy atom. The average molecular weight is 350 g/mol. The molecule has 0 radical (unpaired) electrons. The van der Waals surface area contributed by atoms with E-state index in [9.17, 15) is 5.26 Å². The van der Waals surface area contributed by atoms with E-state index in [0.29, 0.717) is 5.92 Å². The van der Waals surface area contributed by atoms with Crippen LogP contribution in [0.3, 0.4) is 0 Å². The fraction of sp³-hybridized carbons (Fsp3) is 0.480. The molecular weight excluding hydrogens is 314 g/mol. The van der Waals surface area contributed by atoms with Gasteiger partial charge in [-0.1, -0.05) is 83.2 Å². The van der Waals surface area contributed by atoms with Crippen molar-refractivity contribution in [1.29, 1.82) is 5.26 Å². The second kappa shape index (κ2) is 10.8. The second-order valence-electron chi connectivity index (χ2n) is 6.90. The highest BCUT2D eigenvalue weighted by Crippen LogP contribution is 2.42. The van der Waals surface area contributed by atoms with Crippen LogP contribution in [0.4, 0.5) is 0 Å². The van der Waals surface area contributed by atoms with Gasteiger partial charge >= 0.3 is 0 Å². The molecule has 0 aromatic rings. The number of hydrogen-bond acceptors (Lipinski definition) is 1. The minimum Gasteiger partial charge on any atom is -0.193 e. The van der Waals surface area contributed by atoms with Crippen molar-refractivity contribution >= 4 is 0 Å². The topological polar surface area (TPSA) is 23.8 Å². The van der Waals surface area contributed by atoms with Crippen molar-refractivity contribution < 1.29 is 0 Å². The van der Waals surface area contributed by atoms with Crippen LogP contribution < -0.4 is 0 Å². The standard InChI is InChI=1S/C21H23N.2C2H6/c1-16(15-22)20-18-8-4-3-7-17(13-18)10-12-21(2)11-6-5-9-19(20)14-21;2*1-2/h3-6,8-9,11,14,17H,7,10,12-13H2,1-2H3;2*1-2H3/b20-16+;;. The summed E-state index contributed by atoms with van der Waals surface area (Å²) in [6.45, 7) is 12.3. The second-order valence-corrected chi connectivity index (χ2v) is 6.90. The molecule has 2 atom stereocenters. The van der Waals surface area contributed by atoms with Gasteiger partial charge in [0.05, 0.1) is 6.07 Å². The summed E-state index contributed by atoms with van der Waals surface area (Å²) in [5.74, 6) is 0.676. The van der Waals surface area contributed by atoms with Crippen molar-refractivity contribution in [3.8, 4) is 6.07 Å². The molecule has 0 heterocycles. The zero-order valence-electron chi connectivity index (χ0n) is 17.5. The zero-order valence-corrected chi connectivity index (χ0v) is 17.5. The highest BCUT2D eigenvalue weighted by molar-refractivity contribution is 5.59. The molecule has 3 aliphatic rings. The van der Waals surface area contributed by atoms with Gasteiger partial charge in [0, 0.05) is 11.0 Å². The van der Waals surface area contributed by atoms with Gasteiger partial charge in [-0.25, -0.2) is 0 Å². The summed E-state index contributed by atoms with van der Waals surface area (Å²) < 4.78 is 0. The number of fused-ring (bicyclic) bond motifs is 3. The van der Waals surface area contributed by atoms with E-state index in [1.807, 2.05) is 34.6 Å². The molecule has 0 amide bonds. The number of nitrogens with zero attached hydrogens (tertiary/aromatic N) is 1. The molecule has 0 N–H and O–H groups in total. The van der Waals surface area contributed by atoms with Crippen LogP contribution >= 0.6 is 0 Å². The van der Waals surface area contributed by atoms with Gasteiger partial charge in [0.1, 0.15) is 0 Å². The van der Waals surface area contributed by atoms with Crippen LogP contribution in [0.15, 0.2) is 70.9 Å². The third kappa shape index (κ3) is 5.46. The van der Waals surface area contributed by atoms with Crippen molar-refractivity contribution in [1.82, 2.24) is 0 Å². The van der Waals surface area contributed by atoms with Crippen LogP contribution in [0.5, 0.6) is 0 Å². The van der Waals surface area contributed by atoms with Crippen LogP contribution in [0.1, 0.15) is 67.2 Å². The number of rotatable bonds is 0. The molecule has 0 saturated carbocycles. The summed E-state index contributed by atoms with van der Waals surface area (Å²) in [5, 5.41) is 9.50. The fourth-order valence-corrected chi connectivity index (χ4v) is 3.73. The van der Waals surface area contributed by atoms with Gasteiger partial charge in [0.15, 0.2) is 0 Å². The first kappa shape index (κ1) is 22.0. The molecule has 0 aromatic carbocycles. The van der Waals surface area contributed by atoms with Crippen molar-refractivity contribution in [3.63, 3.8) is 0 Å². The predicted octanol–water partition coefficient (Wildman–Crippen LogP) is 7.62. The van der Waals surface area contributed by atoms with E-state index in [1.54, 1.807) is 0 Å². The van der Waals surface area contributed by atoms with E-state index in [0.717, 1.165) is 24.0 Å². The number of allylic oxidation sites excluding steroid dienone is 12. The van der Waals surface area contributed by atoms with Gasteiger partial charge in [0.25, 0.3) is 0 Å². The Kier molecular flexibility index (Phi) is 9.14. The molecule has 0 aromatic heterocycles. The Bertz CT molecular complexity index is 688. The van der Waals surface area contributed by atoms with E-state index in [-0.39, 0.29) is 5.41 Å². The zero-order chi connectivity index (χ0) is 19.6. The first-order chi connectivity index (χ1) is 12.6. The molecule has 1 heteroatoms. The Hall–Kier alpha value is -2.07. The molecule has 0 spiro atoms. The van der Waals surface area contributed by atoms with Gasteiger partial charge in [-0.15, -0.1) is 0 Å². The summed E-state index contributed by atoms with van der Waals surface area (Å²) in [4.78, 5) is 0. The summed E-state index contributed by atoms with van der Waals surface area (Å²) >= 11 is 0. The van der Waals surface area contributed by atoms with Crippen LogP contribution in [0.25, 0.3) is 0 Å². The molecule has 2 unspecified atom stereocenters. The number of hydrogen-bond donors (Lipinski definition) is 0. The van der Waals surface area contributed by atoms with Gasteiger partial charge < -0.3 is 0 Å². The summed E-state index contributed by atoms with van der Waals surface area (Å²) in [6.07, 6.45) is 22.4. The van der Waals surface area contributed by atoms with Crippen LogP contribution in [-0.2, 0) is 0 Å². The molecule has 1 nitrogen and oxygen atoms in total. The monoisotopic (exact) mass is 349 g/mol. The molecular formula is C25H35N. The molecule has 3 rings (SSSR count). The SMILES string of the molecule is C/C(C#N)=C1\C2=CC(C)(C=CC=C2)CCC2CC=CC=C1C2.CC.CC. The summed E-state index contributed by atoms with van der Waals surface area (Å²) in [5.41, 5.74) is 4.57. The maximum atomic E-state index is 9.50. The van der Waals surface area contributed by atoms with Crippen molar-refractivity contribution in [2.24, 2.45) is 11.3 Å². The lowest BCUT2D eigenvalue weighted by atomic mass is 9.81. The Morgan fingerprint density at radius 3 is 2.58 bits per heavy atom. The van der Waals surface area contributed by atoms with Crippen molar-refractivity contribution in [2.75, 3.05) is 0 Å². The largest absolute Gasteiger partial charge is 0.193 e. The van der Waals surface area contributed by atoms with E-state index in [1.165, 1.54) is 24.0 Å². The van der Waals surface area contributed by atoms with E-state index < -0.39 is 0 Å². The third-order valence-corrected chi connectivity index (χ3v) is 5.00. The maximum absolute atomic E-state index is 9.50. The fourth-order valence-electron chi connectivity index (χ4n) is 3.73. The Balaban J connectivity index is 0.000000791. The lowest BCUT2D eigenvalue weighted by molar-refractivity contribution is 0.393. The van der Waals surface area contributed by atoms with Crippen LogP contribution in [0.2, 0.25) is 0 Å². The summed E-state index contributed by atoms with van der Waals surface area (Å²) in [7, 11) is 0. The molecule has 0 saturated heterocycles. The molecule has 0 aliphatic heterocycles. The molecule has 140 valence electrons. The normalized spacial score (nSPS) is 28.0. The third-order valence-electron chi connectivity index (χ3n) is 5.00. The van der Waals surface area contributed by atoms with E-state index in [4.69, 9.17) is 0 Å². The lowest BCUT2D eigenvalue weighted by Gasteiger charge is -2.24. The predicted molar refractivity (Wildman–Crippen MR) is 115 cm³/mol. The van der Waals surface area contributed by atoms with Crippen molar-refractivity contribution in [3.05, 3.63) is 70.9 Å². The minimum absolute atomic E-state index is 0.0798. The lowest BCUT2D eigenvalue weighted by Crippen LogP contribution is -2.12. The van der Waals surface area contributed by atoms with E-state index in [2.05, 4.69) is 61.6 Å². The minimum atomic E-state index is 0.0798. The van der Waals surface area contributed by atoms with Crippen LogP contribution in [-0.4, -0.2) is 0 Å². The first-order valence-corrected chi connectivity index (χ1v) is 10.2. The molecule has 4 bridgehead atoms. The van der Waals surface area contributed by atoms with Gasteiger partial charge in [-0.05, 0) is 55.2 Å². The molecule has 0 fully saturated rings. The summed E-state index contributed by atoms with van der Waals surface area (Å²) in [6, 6.07) is 2.38. The smallest absolute Gasteiger partial charge is 0.0950 e. The van der Waals surface area contributed by atoms with E-state index >= 15 is 0 Å². The number of nitriles is 1. The maximum Gasteiger partial charge on any atom is 0.0950 e. The first-order valence-electron chi connectivity index (χ1n) is 10.2.